The average molecular weight is 487 g/mol. The molecule has 10 nitrogen and oxygen atoms in total. The fraction of sp³-hybridized carbons (Fsp3) is 0.667. The molecule has 0 heterocycles. The predicted octanol–water partition coefficient (Wildman–Crippen LogP) is 4.73. The molecule has 10 heteroatoms. The first-order valence-corrected chi connectivity index (χ1v) is 11.4. The molecule has 1 aromatic carbocycles. The predicted molar refractivity (Wildman–Crippen MR) is 123 cm³/mol. The number of ether oxygens (including phenoxy) is 6. The minimum absolute atomic E-state index is 0.185. The molecule has 0 aliphatic carbocycles. The highest BCUT2D eigenvalue weighted by Crippen LogP contribution is 2.35. The Kier molecular flexibility index (Phi) is 12.6. The van der Waals surface area contributed by atoms with E-state index in [9.17, 15) is 19.8 Å². The molecule has 0 bridgehead atoms. The summed E-state index contributed by atoms with van der Waals surface area (Å²) in [5, 5.41) is 19.5. The molecular weight excluding hydrogens is 448 g/mol. The first-order valence-electron chi connectivity index (χ1n) is 11.4. The Balaban J connectivity index is 3.32. The third-order valence-electron chi connectivity index (χ3n) is 4.93. The Morgan fingerprint density at radius 1 is 0.706 bits per heavy atom. The summed E-state index contributed by atoms with van der Waals surface area (Å²) in [5.41, 5.74) is -0.0716. The minimum atomic E-state index is -1.39. The molecule has 6 unspecified atom stereocenters. The fourth-order valence-electron chi connectivity index (χ4n) is 3.70. The smallest absolute Gasteiger partial charge is 0.336 e. The topological polar surface area (TPSA) is 130 Å². The van der Waals surface area contributed by atoms with Gasteiger partial charge in [-0.25, -0.2) is 9.59 Å². The van der Waals surface area contributed by atoms with E-state index in [0.717, 1.165) is 0 Å². The van der Waals surface area contributed by atoms with E-state index in [1.807, 2.05) is 13.8 Å². The lowest BCUT2D eigenvalue weighted by molar-refractivity contribution is -0.246. The zero-order valence-electron chi connectivity index (χ0n) is 21.2. The molecule has 194 valence electrons. The molecule has 2 N–H and O–H groups in total. The van der Waals surface area contributed by atoms with Crippen molar-refractivity contribution < 1.29 is 48.2 Å². The molecular formula is C24H38O10. The van der Waals surface area contributed by atoms with Crippen LogP contribution in [0.15, 0.2) is 12.1 Å². The van der Waals surface area contributed by atoms with Crippen molar-refractivity contribution in [3.8, 4) is 0 Å². The summed E-state index contributed by atoms with van der Waals surface area (Å²) in [6, 6.07) is 2.78. The molecule has 0 amide bonds. The molecule has 0 saturated carbocycles. The third kappa shape index (κ3) is 8.94. The van der Waals surface area contributed by atoms with Gasteiger partial charge >= 0.3 is 11.9 Å². The lowest BCUT2D eigenvalue weighted by Gasteiger charge is -2.29. The van der Waals surface area contributed by atoms with Crippen molar-refractivity contribution in [2.45, 2.75) is 92.8 Å². The number of aromatic carboxylic acids is 2. The maximum atomic E-state index is 12.2. The molecule has 0 fully saturated rings. The van der Waals surface area contributed by atoms with Crippen LogP contribution in [-0.4, -0.2) is 60.5 Å². The van der Waals surface area contributed by atoms with Crippen LogP contribution in [-0.2, 0) is 28.4 Å². The molecule has 0 aliphatic rings. The van der Waals surface area contributed by atoms with Crippen molar-refractivity contribution in [1.82, 2.24) is 0 Å². The second kappa shape index (κ2) is 14.3. The number of carboxylic acid groups (broad SMARTS) is 2. The Morgan fingerprint density at radius 3 is 1.59 bits per heavy atom. The number of hydrogen-bond donors (Lipinski definition) is 2. The molecule has 0 aliphatic heterocycles. The summed E-state index contributed by atoms with van der Waals surface area (Å²) >= 11 is 0. The van der Waals surface area contributed by atoms with Crippen LogP contribution in [0.3, 0.4) is 0 Å². The van der Waals surface area contributed by atoms with Crippen LogP contribution in [0.1, 0.15) is 99.4 Å². The van der Waals surface area contributed by atoms with Gasteiger partial charge in [0, 0.05) is 18.8 Å². The van der Waals surface area contributed by atoms with Gasteiger partial charge in [0.1, 0.15) is 0 Å². The van der Waals surface area contributed by atoms with E-state index in [1.165, 1.54) is 12.1 Å². The first-order chi connectivity index (χ1) is 15.9. The van der Waals surface area contributed by atoms with Crippen molar-refractivity contribution in [3.05, 3.63) is 34.4 Å². The van der Waals surface area contributed by atoms with Gasteiger partial charge in [-0.1, -0.05) is 6.07 Å². The number of benzene rings is 1. The van der Waals surface area contributed by atoms with Crippen molar-refractivity contribution in [2.75, 3.05) is 13.2 Å². The Morgan fingerprint density at radius 2 is 1.18 bits per heavy atom. The second-order valence-electron chi connectivity index (χ2n) is 7.61. The SMILES string of the molecule is CCOC(C)OC(C)OC(C)c1ccc(C(=O)O)c(C(=O)O)c1C(C)OC(C)OC(C)OCC. The van der Waals surface area contributed by atoms with Crippen molar-refractivity contribution >= 4 is 11.9 Å². The molecule has 0 spiro atoms. The number of carbonyl (C=O) groups is 2. The van der Waals surface area contributed by atoms with E-state index in [4.69, 9.17) is 28.4 Å². The zero-order valence-corrected chi connectivity index (χ0v) is 21.2. The maximum absolute atomic E-state index is 12.2. The van der Waals surface area contributed by atoms with E-state index in [1.54, 1.807) is 41.5 Å². The highest BCUT2D eigenvalue weighted by Gasteiger charge is 2.30. The fourth-order valence-corrected chi connectivity index (χ4v) is 3.70. The van der Waals surface area contributed by atoms with Crippen LogP contribution >= 0.6 is 0 Å². The van der Waals surface area contributed by atoms with Crippen LogP contribution in [0.5, 0.6) is 0 Å². The number of carboxylic acids is 2. The monoisotopic (exact) mass is 486 g/mol. The third-order valence-corrected chi connectivity index (χ3v) is 4.93. The molecule has 1 aromatic rings. The normalized spacial score (nSPS) is 16.9. The summed E-state index contributed by atoms with van der Waals surface area (Å²) in [5.74, 6) is -2.75. The van der Waals surface area contributed by atoms with Gasteiger partial charge in [0.25, 0.3) is 0 Å². The molecule has 1 rings (SSSR count). The van der Waals surface area contributed by atoms with Crippen LogP contribution in [0.4, 0.5) is 0 Å². The van der Waals surface area contributed by atoms with E-state index < -0.39 is 49.3 Å². The van der Waals surface area contributed by atoms with Gasteiger partial charge < -0.3 is 38.6 Å². The minimum Gasteiger partial charge on any atom is -0.478 e. The van der Waals surface area contributed by atoms with Crippen LogP contribution in [0, 0.1) is 0 Å². The summed E-state index contributed by atoms with van der Waals surface area (Å²) in [4.78, 5) is 23.9. The van der Waals surface area contributed by atoms with Crippen molar-refractivity contribution in [2.24, 2.45) is 0 Å². The van der Waals surface area contributed by atoms with E-state index in [0.29, 0.717) is 18.8 Å². The van der Waals surface area contributed by atoms with Gasteiger partial charge in [-0.05, 0) is 67.0 Å². The Hall–Kier alpha value is -2.08. The first kappa shape index (κ1) is 30.0. The Bertz CT molecular complexity index is 796. The maximum Gasteiger partial charge on any atom is 0.336 e. The van der Waals surface area contributed by atoms with Gasteiger partial charge in [0.2, 0.25) is 0 Å². The zero-order chi connectivity index (χ0) is 26.0. The average Bonchev–Trinajstić information content (AvgIpc) is 2.72. The summed E-state index contributed by atoms with van der Waals surface area (Å²) in [6.45, 7) is 14.8. The number of rotatable bonds is 16. The largest absolute Gasteiger partial charge is 0.478 e. The summed E-state index contributed by atoms with van der Waals surface area (Å²) in [7, 11) is 0. The quantitative estimate of drug-likeness (QED) is 0.316. The molecule has 34 heavy (non-hydrogen) atoms. The van der Waals surface area contributed by atoms with Gasteiger partial charge in [0.15, 0.2) is 25.2 Å². The lowest BCUT2D eigenvalue weighted by atomic mass is 9.90. The standard InChI is InChI=1S/C24H38O10/c1-9-29-15(5)33-17(7)31-13(3)19-11-12-20(23(25)26)22(24(27)28)21(19)14(4)32-18(8)34-16(6)30-10-2/h11-18H,9-10H2,1-8H3,(H,25,26)(H,27,28). The van der Waals surface area contributed by atoms with Gasteiger partial charge in [-0.3, -0.25) is 0 Å². The van der Waals surface area contributed by atoms with Crippen molar-refractivity contribution in [3.63, 3.8) is 0 Å². The van der Waals surface area contributed by atoms with Gasteiger partial charge in [-0.15, -0.1) is 0 Å². The molecule has 6 atom stereocenters. The number of hydrogen-bond acceptors (Lipinski definition) is 8. The highest BCUT2D eigenvalue weighted by atomic mass is 16.8. The van der Waals surface area contributed by atoms with Crippen LogP contribution in [0.25, 0.3) is 0 Å². The lowest BCUT2D eigenvalue weighted by Crippen LogP contribution is -2.26. The molecule has 0 aromatic heterocycles. The van der Waals surface area contributed by atoms with Crippen LogP contribution in [0.2, 0.25) is 0 Å². The summed E-state index contributed by atoms with van der Waals surface area (Å²) < 4.78 is 33.8. The second-order valence-corrected chi connectivity index (χ2v) is 7.61. The van der Waals surface area contributed by atoms with Gasteiger partial charge in [0.05, 0.1) is 23.3 Å². The van der Waals surface area contributed by atoms with E-state index in [2.05, 4.69) is 0 Å². The van der Waals surface area contributed by atoms with Crippen molar-refractivity contribution in [1.29, 1.82) is 0 Å². The van der Waals surface area contributed by atoms with E-state index >= 15 is 0 Å². The van der Waals surface area contributed by atoms with E-state index in [-0.39, 0.29) is 16.7 Å². The van der Waals surface area contributed by atoms with Gasteiger partial charge in [-0.2, -0.15) is 0 Å². The van der Waals surface area contributed by atoms with Crippen LogP contribution < -0.4 is 0 Å². The molecule has 0 saturated heterocycles. The summed E-state index contributed by atoms with van der Waals surface area (Å²) in [6.07, 6.45) is -3.96. The highest BCUT2D eigenvalue weighted by molar-refractivity contribution is 6.03. The Labute approximate surface area is 201 Å². The molecule has 0 radical (unpaired) electrons.